The second-order valence-corrected chi connectivity index (χ2v) is 14.1. The van der Waals surface area contributed by atoms with Crippen LogP contribution in [0.2, 0.25) is 0 Å². The molecular weight excluding hydrogens is 655 g/mol. The van der Waals surface area contributed by atoms with Gasteiger partial charge in [-0.3, -0.25) is 0 Å². The molecule has 0 unspecified atom stereocenters. The second-order valence-electron chi connectivity index (χ2n) is 14.1. The van der Waals surface area contributed by atoms with Crippen molar-refractivity contribution < 1.29 is 4.42 Å². The summed E-state index contributed by atoms with van der Waals surface area (Å²) in [5.41, 5.74) is 11.0. The van der Waals surface area contributed by atoms with E-state index in [4.69, 9.17) is 4.42 Å². The normalized spacial score (nSPS) is 12.2. The Labute approximate surface area is 316 Å². The van der Waals surface area contributed by atoms with E-state index < -0.39 is 0 Å². The van der Waals surface area contributed by atoms with Crippen molar-refractivity contribution in [3.05, 3.63) is 180 Å². The maximum atomic E-state index is 6.56. The van der Waals surface area contributed by atoms with Gasteiger partial charge in [0, 0.05) is 22.0 Å². The topological polar surface area (TPSA) is 18.1 Å². The minimum absolute atomic E-state index is 0.999. The van der Waals surface area contributed by atoms with Crippen LogP contribution < -0.4 is 0 Å². The van der Waals surface area contributed by atoms with Gasteiger partial charge in [0.05, 0.1) is 16.4 Å². The quantitative estimate of drug-likeness (QED) is 0.164. The highest BCUT2D eigenvalue weighted by atomic mass is 16.3. The third-order valence-corrected chi connectivity index (χ3v) is 11.1. The predicted molar refractivity (Wildman–Crippen MR) is 233 cm³/mol. The van der Waals surface area contributed by atoms with E-state index in [2.05, 4.69) is 182 Å². The molecule has 0 aliphatic heterocycles. The summed E-state index contributed by atoms with van der Waals surface area (Å²) in [7, 11) is 0. The Balaban J connectivity index is 0.000000341. The van der Waals surface area contributed by atoms with Crippen molar-refractivity contribution in [2.75, 3.05) is 0 Å². The van der Waals surface area contributed by atoms with E-state index in [0.29, 0.717) is 0 Å². The summed E-state index contributed by atoms with van der Waals surface area (Å²) in [4.78, 5) is 0. The summed E-state index contributed by atoms with van der Waals surface area (Å²) in [6, 6.07) is 55.1. The summed E-state index contributed by atoms with van der Waals surface area (Å²) in [6.07, 6.45) is 6.45. The number of benzene rings is 8. The van der Waals surface area contributed by atoms with Crippen LogP contribution in [0.15, 0.2) is 162 Å². The smallest absolute Gasteiger partial charge is 0.145 e. The maximum absolute atomic E-state index is 6.56. The van der Waals surface area contributed by atoms with E-state index in [0.717, 1.165) is 29.9 Å². The zero-order chi connectivity index (χ0) is 36.8. The van der Waals surface area contributed by atoms with Crippen molar-refractivity contribution in [1.29, 1.82) is 0 Å². The molecule has 0 amide bonds. The van der Waals surface area contributed by atoms with Gasteiger partial charge < -0.3 is 8.98 Å². The molecule has 54 heavy (non-hydrogen) atoms. The van der Waals surface area contributed by atoms with Crippen LogP contribution >= 0.6 is 0 Å². The Hall–Kier alpha value is -6.38. The molecule has 2 heteroatoms. The first-order valence-corrected chi connectivity index (χ1v) is 19.2. The summed E-state index contributed by atoms with van der Waals surface area (Å²) < 4.78 is 8.96. The molecule has 262 valence electrons. The van der Waals surface area contributed by atoms with E-state index >= 15 is 0 Å². The van der Waals surface area contributed by atoms with E-state index in [1.165, 1.54) is 87.3 Å². The number of allylic oxidation sites excluding steroid dienone is 1. The second kappa shape index (κ2) is 13.9. The van der Waals surface area contributed by atoms with Crippen LogP contribution in [0.5, 0.6) is 0 Å². The molecule has 2 heterocycles. The number of aromatic nitrogens is 1. The van der Waals surface area contributed by atoms with E-state index in [-0.39, 0.29) is 0 Å². The lowest BCUT2D eigenvalue weighted by Gasteiger charge is -2.13. The van der Waals surface area contributed by atoms with Gasteiger partial charge in [0.25, 0.3) is 0 Å². The Kier molecular flexibility index (Phi) is 8.60. The van der Waals surface area contributed by atoms with Crippen LogP contribution in [0, 0.1) is 13.8 Å². The molecule has 0 N–H and O–H groups in total. The minimum Gasteiger partial charge on any atom is -0.456 e. The molecule has 0 fully saturated rings. The number of para-hydroxylation sites is 1. The van der Waals surface area contributed by atoms with Crippen LogP contribution in [0.25, 0.3) is 88.0 Å². The van der Waals surface area contributed by atoms with Crippen molar-refractivity contribution >= 4 is 71.2 Å². The summed E-state index contributed by atoms with van der Waals surface area (Å²) in [5, 5.41) is 11.4. The van der Waals surface area contributed by atoms with Gasteiger partial charge in [-0.2, -0.15) is 0 Å². The molecule has 1 aliphatic carbocycles. The lowest BCUT2D eigenvalue weighted by molar-refractivity contribution is 0.598. The largest absolute Gasteiger partial charge is 0.456 e. The van der Waals surface area contributed by atoms with Crippen LogP contribution in [0.3, 0.4) is 0 Å². The molecule has 2 nitrogen and oxygen atoms in total. The van der Waals surface area contributed by atoms with Gasteiger partial charge in [-0.25, -0.2) is 0 Å². The van der Waals surface area contributed by atoms with Crippen LogP contribution in [-0.2, 0) is 6.42 Å². The van der Waals surface area contributed by atoms with Crippen molar-refractivity contribution in [2.24, 2.45) is 0 Å². The summed E-state index contributed by atoms with van der Waals surface area (Å²) in [6.45, 7) is 8.24. The first-order valence-electron chi connectivity index (χ1n) is 19.2. The zero-order valence-electron chi connectivity index (χ0n) is 31.4. The van der Waals surface area contributed by atoms with Crippen molar-refractivity contribution in [1.82, 2.24) is 4.57 Å². The van der Waals surface area contributed by atoms with Gasteiger partial charge in [-0.1, -0.05) is 135 Å². The van der Waals surface area contributed by atoms with Gasteiger partial charge in [-0.15, -0.1) is 0 Å². The molecule has 1 aliphatic rings. The first-order chi connectivity index (χ1) is 26.6. The van der Waals surface area contributed by atoms with Crippen LogP contribution in [0.1, 0.15) is 42.7 Å². The predicted octanol–water partition coefficient (Wildman–Crippen LogP) is 14.9. The zero-order valence-corrected chi connectivity index (χ0v) is 31.4. The average molecular weight is 698 g/mol. The lowest BCUT2D eigenvalue weighted by Crippen LogP contribution is -1.94. The summed E-state index contributed by atoms with van der Waals surface area (Å²) in [5.74, 6) is 1.01. The Morgan fingerprint density at radius 2 is 1.06 bits per heavy atom. The van der Waals surface area contributed by atoms with Gasteiger partial charge in [0.2, 0.25) is 0 Å². The fourth-order valence-corrected chi connectivity index (χ4v) is 8.34. The number of hydrogen-bond acceptors (Lipinski definition) is 1. The van der Waals surface area contributed by atoms with Crippen molar-refractivity contribution in [3.8, 4) is 16.8 Å². The molecule has 0 bridgehead atoms. The number of aryl methyl sites for hydroxylation is 3. The highest BCUT2D eigenvalue weighted by Gasteiger charge is 2.21. The fraction of sp³-hybridized carbons (Fsp3) is 0.115. The standard InChI is InChI=1S/C42H27NO.C8H10.C2H6/c1-2-14-31-29(12-1)30-13-3-4-15-32(30)37-25-27(20-21-33(31)37)26-10-9-11-28(24-26)43-38-18-7-5-17-36(38)41-39(43)23-22-35-34-16-6-8-19-40(34)44-42(35)41;1-7-5-3-4-6-8(7)2;1-2/h1-5,7-15,17-25H,6,16H2;3-6H,1-2H3;1-2H3. The minimum atomic E-state index is 0.999. The third kappa shape index (κ3) is 5.49. The van der Waals surface area contributed by atoms with Crippen LogP contribution in [0.4, 0.5) is 0 Å². The number of furan rings is 1. The molecule has 0 saturated carbocycles. The molecule has 0 radical (unpaired) electrons. The van der Waals surface area contributed by atoms with Crippen LogP contribution in [-0.4, -0.2) is 4.57 Å². The Morgan fingerprint density at radius 1 is 0.481 bits per heavy atom. The van der Waals surface area contributed by atoms with Gasteiger partial charge in [0.1, 0.15) is 11.3 Å². The molecule has 8 aromatic carbocycles. The molecule has 11 rings (SSSR count). The number of fused-ring (bicyclic) bond motifs is 13. The SMILES string of the molecule is C1=Cc2oc3c(ccc4c3c3ccccc3n4-c3cccc(-c4ccc5c6ccccc6c6ccccc6c5c4)c3)c2CC1.CC.Cc1ccccc1C. The number of rotatable bonds is 2. The van der Waals surface area contributed by atoms with Gasteiger partial charge in [0.15, 0.2) is 0 Å². The van der Waals surface area contributed by atoms with Crippen molar-refractivity contribution in [2.45, 2.75) is 40.5 Å². The van der Waals surface area contributed by atoms with Gasteiger partial charge in [-0.05, 0) is 124 Å². The molecule has 10 aromatic rings. The molecule has 2 aromatic heterocycles. The first kappa shape index (κ1) is 33.5. The van der Waals surface area contributed by atoms with E-state index in [1.54, 1.807) is 0 Å². The Bertz CT molecular complexity index is 2990. The number of hydrogen-bond donors (Lipinski definition) is 0. The Morgan fingerprint density at radius 3 is 1.74 bits per heavy atom. The molecular formula is C52H43NO. The highest BCUT2D eigenvalue weighted by molar-refractivity contribution is 6.26. The monoisotopic (exact) mass is 697 g/mol. The van der Waals surface area contributed by atoms with E-state index in [9.17, 15) is 0 Å². The average Bonchev–Trinajstić information content (AvgIpc) is 3.79. The number of nitrogens with zero attached hydrogens (tertiary/aromatic N) is 1. The van der Waals surface area contributed by atoms with Crippen molar-refractivity contribution in [3.63, 3.8) is 0 Å². The molecule has 0 saturated heterocycles. The molecule has 0 atom stereocenters. The lowest BCUT2D eigenvalue weighted by atomic mass is 9.92. The highest BCUT2D eigenvalue weighted by Crippen LogP contribution is 2.42. The maximum Gasteiger partial charge on any atom is 0.145 e. The van der Waals surface area contributed by atoms with E-state index in [1.807, 2.05) is 13.8 Å². The summed E-state index contributed by atoms with van der Waals surface area (Å²) >= 11 is 0. The fourth-order valence-electron chi connectivity index (χ4n) is 8.34. The third-order valence-electron chi connectivity index (χ3n) is 11.1. The van der Waals surface area contributed by atoms with Gasteiger partial charge >= 0.3 is 0 Å². The molecule has 0 spiro atoms.